The molecular formula is C21H22ClNO3. The largest absolute Gasteiger partial charge is 0.490 e. The highest BCUT2D eigenvalue weighted by Crippen LogP contribution is 2.38. The molecule has 4 nitrogen and oxygen atoms in total. The number of ether oxygens (including phenoxy) is 2. The first-order valence-corrected chi connectivity index (χ1v) is 8.96. The topological polar surface area (TPSA) is 57.6 Å². The summed E-state index contributed by atoms with van der Waals surface area (Å²) in [4.78, 5) is 0. The van der Waals surface area contributed by atoms with E-state index in [0.717, 1.165) is 16.9 Å². The molecule has 1 unspecified atom stereocenters. The third-order valence-electron chi connectivity index (χ3n) is 3.96. The summed E-state index contributed by atoms with van der Waals surface area (Å²) in [6.07, 6.45) is 2.21. The number of hydrogen-bond acceptors (Lipinski definition) is 4. The van der Waals surface area contributed by atoms with Gasteiger partial charge in [0.15, 0.2) is 11.5 Å². The van der Waals surface area contributed by atoms with Crippen LogP contribution in [0.4, 0.5) is 0 Å². The molecule has 0 amide bonds. The zero-order valence-electron chi connectivity index (χ0n) is 14.7. The minimum absolute atomic E-state index is 0.244. The van der Waals surface area contributed by atoms with E-state index in [0.29, 0.717) is 36.2 Å². The first-order valence-electron chi connectivity index (χ1n) is 8.58. The maximum Gasteiger partial charge on any atom is 0.180 e. The Morgan fingerprint density at radius 1 is 1.04 bits per heavy atom. The van der Waals surface area contributed by atoms with Gasteiger partial charge >= 0.3 is 0 Å². The van der Waals surface area contributed by atoms with Gasteiger partial charge in [-0.2, -0.15) is 0 Å². The molecule has 0 fully saturated rings. The number of rotatable bonds is 8. The Hall–Kier alpha value is -2.43. The van der Waals surface area contributed by atoms with Gasteiger partial charge in [-0.15, -0.1) is 0 Å². The maximum atomic E-state index is 6.48. The zero-order chi connectivity index (χ0) is 18.4. The van der Waals surface area contributed by atoms with Crippen molar-refractivity contribution < 1.29 is 13.9 Å². The second-order valence-electron chi connectivity index (χ2n) is 5.94. The van der Waals surface area contributed by atoms with Crippen molar-refractivity contribution in [2.24, 2.45) is 5.73 Å². The number of furan rings is 1. The van der Waals surface area contributed by atoms with Gasteiger partial charge in [0, 0.05) is 0 Å². The van der Waals surface area contributed by atoms with Gasteiger partial charge in [0.2, 0.25) is 0 Å². The van der Waals surface area contributed by atoms with E-state index in [-0.39, 0.29) is 6.04 Å². The summed E-state index contributed by atoms with van der Waals surface area (Å²) in [5.74, 6) is 1.91. The molecule has 0 aliphatic carbocycles. The quantitative estimate of drug-likeness (QED) is 0.594. The Kier molecular flexibility index (Phi) is 6.21. The minimum Gasteiger partial charge on any atom is -0.490 e. The molecule has 5 heteroatoms. The lowest BCUT2D eigenvalue weighted by atomic mass is 10.0. The lowest BCUT2D eigenvalue weighted by molar-refractivity contribution is 0.269. The van der Waals surface area contributed by atoms with Crippen molar-refractivity contribution in [1.82, 2.24) is 0 Å². The van der Waals surface area contributed by atoms with Gasteiger partial charge in [-0.05, 0) is 48.7 Å². The van der Waals surface area contributed by atoms with Gasteiger partial charge in [-0.3, -0.25) is 0 Å². The molecule has 3 rings (SSSR count). The Bertz CT molecular complexity index is 819. The van der Waals surface area contributed by atoms with Gasteiger partial charge < -0.3 is 19.6 Å². The van der Waals surface area contributed by atoms with E-state index in [1.165, 1.54) is 0 Å². The fraction of sp³-hybridized carbons (Fsp3) is 0.238. The zero-order valence-corrected chi connectivity index (χ0v) is 15.4. The molecule has 1 aromatic heterocycles. The van der Waals surface area contributed by atoms with Crippen molar-refractivity contribution in [3.05, 3.63) is 82.8 Å². The van der Waals surface area contributed by atoms with E-state index in [4.69, 9.17) is 31.2 Å². The van der Waals surface area contributed by atoms with E-state index < -0.39 is 0 Å². The highest BCUT2D eigenvalue weighted by atomic mass is 35.5. The third-order valence-corrected chi connectivity index (χ3v) is 4.24. The Balaban J connectivity index is 1.78. The van der Waals surface area contributed by atoms with Crippen LogP contribution < -0.4 is 15.2 Å². The molecule has 0 saturated heterocycles. The van der Waals surface area contributed by atoms with Gasteiger partial charge in [0.05, 0.1) is 23.9 Å². The monoisotopic (exact) mass is 371 g/mol. The van der Waals surface area contributed by atoms with Crippen molar-refractivity contribution >= 4 is 11.6 Å². The Morgan fingerprint density at radius 3 is 2.54 bits per heavy atom. The summed E-state index contributed by atoms with van der Waals surface area (Å²) in [5.41, 5.74) is 8.24. The number of halogens is 1. The number of nitrogens with two attached hydrogens (primary N) is 1. The molecule has 0 saturated carbocycles. The van der Waals surface area contributed by atoms with Crippen LogP contribution >= 0.6 is 11.6 Å². The van der Waals surface area contributed by atoms with E-state index >= 15 is 0 Å². The van der Waals surface area contributed by atoms with Crippen LogP contribution in [-0.2, 0) is 13.0 Å². The smallest absolute Gasteiger partial charge is 0.180 e. The van der Waals surface area contributed by atoms with Gasteiger partial charge in [-0.25, -0.2) is 0 Å². The normalized spacial score (nSPS) is 12.0. The van der Waals surface area contributed by atoms with E-state index in [1.807, 2.05) is 61.5 Å². The van der Waals surface area contributed by atoms with Gasteiger partial charge in [0.25, 0.3) is 0 Å². The first kappa shape index (κ1) is 18.4. The number of benzene rings is 2. The predicted molar refractivity (Wildman–Crippen MR) is 103 cm³/mol. The van der Waals surface area contributed by atoms with Crippen molar-refractivity contribution in [2.75, 3.05) is 6.61 Å². The van der Waals surface area contributed by atoms with Crippen LogP contribution in [0.5, 0.6) is 11.5 Å². The van der Waals surface area contributed by atoms with Crippen LogP contribution in [0, 0.1) is 0 Å². The predicted octanol–water partition coefficient (Wildman–Crippen LogP) is 5.15. The highest BCUT2D eigenvalue weighted by Gasteiger charge is 2.16. The Labute approximate surface area is 158 Å². The van der Waals surface area contributed by atoms with E-state index in [2.05, 4.69) is 0 Å². The summed E-state index contributed by atoms with van der Waals surface area (Å²) in [6, 6.07) is 17.2. The molecule has 0 spiro atoms. The second-order valence-corrected chi connectivity index (χ2v) is 6.35. The van der Waals surface area contributed by atoms with Crippen molar-refractivity contribution in [3.63, 3.8) is 0 Å². The average molecular weight is 372 g/mol. The molecule has 26 heavy (non-hydrogen) atoms. The van der Waals surface area contributed by atoms with Crippen LogP contribution in [0.3, 0.4) is 0 Å². The van der Waals surface area contributed by atoms with Crippen molar-refractivity contribution in [1.29, 1.82) is 0 Å². The lowest BCUT2D eigenvalue weighted by Crippen LogP contribution is -2.12. The maximum absolute atomic E-state index is 6.48. The minimum atomic E-state index is -0.244. The molecular weight excluding hydrogens is 350 g/mol. The molecule has 0 bridgehead atoms. The molecule has 1 atom stereocenters. The molecule has 1 heterocycles. The number of hydrogen-bond donors (Lipinski definition) is 1. The summed E-state index contributed by atoms with van der Waals surface area (Å²) >= 11 is 6.48. The fourth-order valence-corrected chi connectivity index (χ4v) is 3.02. The summed E-state index contributed by atoms with van der Waals surface area (Å²) in [7, 11) is 0. The molecule has 2 aromatic carbocycles. The summed E-state index contributed by atoms with van der Waals surface area (Å²) < 4.78 is 17.1. The van der Waals surface area contributed by atoms with Crippen molar-refractivity contribution in [2.45, 2.75) is 26.0 Å². The molecule has 3 aromatic rings. The van der Waals surface area contributed by atoms with E-state index in [9.17, 15) is 0 Å². The van der Waals surface area contributed by atoms with Crippen LogP contribution in [0.15, 0.2) is 65.3 Å². The Morgan fingerprint density at radius 2 is 1.85 bits per heavy atom. The highest BCUT2D eigenvalue weighted by molar-refractivity contribution is 6.32. The lowest BCUT2D eigenvalue weighted by Gasteiger charge is -2.16. The van der Waals surface area contributed by atoms with Crippen LogP contribution in [0.25, 0.3) is 0 Å². The second kappa shape index (κ2) is 8.79. The molecule has 0 aliphatic rings. The standard InChI is InChI=1S/C21H22ClNO3/c1-2-24-20-13-16(12-18(23)19-9-6-10-25-19)11-17(22)21(20)26-14-15-7-4-3-5-8-15/h3-11,13,18H,2,12,14,23H2,1H3. The molecule has 2 N–H and O–H groups in total. The summed E-state index contributed by atoms with van der Waals surface area (Å²) in [5, 5.41) is 0.508. The van der Waals surface area contributed by atoms with E-state index in [1.54, 1.807) is 6.26 Å². The SMILES string of the molecule is CCOc1cc(CC(N)c2ccco2)cc(Cl)c1OCc1ccccc1. The van der Waals surface area contributed by atoms with Crippen LogP contribution in [0.2, 0.25) is 5.02 Å². The molecule has 0 aliphatic heterocycles. The average Bonchev–Trinajstić information content (AvgIpc) is 3.17. The van der Waals surface area contributed by atoms with Crippen molar-refractivity contribution in [3.8, 4) is 11.5 Å². The fourth-order valence-electron chi connectivity index (χ4n) is 2.73. The molecule has 0 radical (unpaired) electrons. The third kappa shape index (κ3) is 4.59. The van der Waals surface area contributed by atoms with Gasteiger partial charge in [0.1, 0.15) is 12.4 Å². The first-order chi connectivity index (χ1) is 12.7. The van der Waals surface area contributed by atoms with Gasteiger partial charge in [-0.1, -0.05) is 41.9 Å². The van der Waals surface area contributed by atoms with Crippen LogP contribution in [0.1, 0.15) is 29.9 Å². The summed E-state index contributed by atoms with van der Waals surface area (Å²) in [6.45, 7) is 2.87. The molecule has 136 valence electrons. The van der Waals surface area contributed by atoms with Crippen LogP contribution in [-0.4, -0.2) is 6.61 Å².